The molecule has 620 valence electrons. The normalized spacial score (nSPS) is 18.7. The first-order chi connectivity index (χ1) is 52.9. The third-order valence-corrected chi connectivity index (χ3v) is 36.7. The summed E-state index contributed by atoms with van der Waals surface area (Å²) in [5.74, 6) is -2.04. The van der Waals surface area contributed by atoms with Gasteiger partial charge >= 0.3 is 145 Å². The SMILES string of the molecule is C=Cc1ccc2c(c1)C(N(C(=O)CCC(=O)OCC)C1CC1)C1CCCC1N2C(=O)c1ccc(OC(F)(F)F)cc1.C=[CH][Sn]([CH2]CCC)([CH2]CCC)[CH2]CCC.CCOC(=O)CCC(=O)N(C1CC1)C1c2cc(Br)ccc2N(C(=O)c2ccc(OC(F)(F)F)cc2)C2CCCC21.Cc1cc(C(C)(C)C)c(O)c(C(C)(C)C)c1.[Cl-].[Li+]. The molecule has 0 radical (unpaired) electrons. The molecule has 2 aliphatic heterocycles. The molecule has 1 N–H and O–H groups in total. The van der Waals surface area contributed by atoms with Crippen LogP contribution in [0.15, 0.2) is 119 Å². The van der Waals surface area contributed by atoms with Gasteiger partial charge in [0.05, 0.1) is 38.1 Å². The van der Waals surface area contributed by atoms with Crippen LogP contribution >= 0.6 is 15.9 Å². The fourth-order valence-corrected chi connectivity index (χ4v) is 29.9. The summed E-state index contributed by atoms with van der Waals surface area (Å²) in [6, 6.07) is 24.7. The van der Waals surface area contributed by atoms with Crippen LogP contribution in [0, 0.1) is 18.8 Å². The van der Waals surface area contributed by atoms with Gasteiger partial charge in [-0.3, -0.25) is 28.8 Å². The predicted molar refractivity (Wildman–Crippen MR) is 435 cm³/mol. The molecule has 0 saturated heterocycles. The summed E-state index contributed by atoms with van der Waals surface area (Å²) in [4.78, 5) is 86.6. The Morgan fingerprint density at radius 3 is 1.25 bits per heavy atom. The molecule has 5 aromatic rings. The Hall–Kier alpha value is -6.45. The Kier molecular flexibility index (Phi) is 36.2. The average Bonchev–Trinajstić information content (AvgIpc) is 1.49. The van der Waals surface area contributed by atoms with E-state index in [1.54, 1.807) is 43.0 Å². The summed E-state index contributed by atoms with van der Waals surface area (Å²) >= 11 is 1.70. The zero-order valence-electron chi connectivity index (χ0n) is 68.9. The van der Waals surface area contributed by atoms with E-state index in [-0.39, 0.29) is 164 Å². The number of esters is 2. The van der Waals surface area contributed by atoms with Crippen LogP contribution in [0.2, 0.25) is 13.3 Å². The van der Waals surface area contributed by atoms with Crippen LogP contribution in [0.25, 0.3) is 6.08 Å². The average molecular weight is 1770 g/mol. The van der Waals surface area contributed by atoms with Crippen LogP contribution in [-0.2, 0) is 39.5 Å². The second-order valence-corrected chi connectivity index (χ2v) is 46.8. The molecule has 6 atom stereocenters. The van der Waals surface area contributed by atoms with Crippen LogP contribution in [0.5, 0.6) is 17.2 Å². The van der Waals surface area contributed by atoms with Crippen molar-refractivity contribution in [2.24, 2.45) is 11.8 Å². The monoisotopic (exact) mass is 1770 g/mol. The number of phenolic OH excluding ortho intramolecular Hbond substituents is 1. The van der Waals surface area contributed by atoms with Gasteiger partial charge in [0.1, 0.15) is 17.2 Å². The minimum atomic E-state index is -4.83. The number of amides is 4. The predicted octanol–water partition coefficient (Wildman–Crippen LogP) is 16.8. The first kappa shape index (κ1) is 96.4. The van der Waals surface area contributed by atoms with Crippen molar-refractivity contribution in [3.8, 4) is 17.2 Å². The molecular weight excluding hydrogens is 1660 g/mol. The van der Waals surface area contributed by atoms with E-state index < -0.39 is 54.5 Å². The van der Waals surface area contributed by atoms with Gasteiger partial charge in [0.25, 0.3) is 11.8 Å². The van der Waals surface area contributed by atoms with E-state index in [0.717, 1.165) is 121 Å². The Morgan fingerprint density at radius 2 is 0.921 bits per heavy atom. The zero-order valence-corrected chi connectivity index (χ0v) is 74.1. The topological polar surface area (TPSA) is 173 Å². The van der Waals surface area contributed by atoms with E-state index in [0.29, 0.717) is 17.1 Å². The summed E-state index contributed by atoms with van der Waals surface area (Å²) in [5.41, 5.74) is 7.64. The number of hydrogen-bond donors (Lipinski definition) is 1. The summed E-state index contributed by atoms with van der Waals surface area (Å²) in [6.45, 7) is 33.9. The number of rotatable bonds is 27. The maximum Gasteiger partial charge on any atom is 1.00 e. The first-order valence-electron chi connectivity index (χ1n) is 40.3. The summed E-state index contributed by atoms with van der Waals surface area (Å²) in [7, 11) is 0. The number of halogens is 8. The number of aryl methyl sites for hydroxylation is 1. The molecule has 4 saturated carbocycles. The van der Waals surface area contributed by atoms with E-state index in [4.69, 9.17) is 9.47 Å². The molecule has 11 rings (SSSR count). The molecule has 114 heavy (non-hydrogen) atoms. The van der Waals surface area contributed by atoms with Gasteiger partial charge in [0.15, 0.2) is 0 Å². The molecule has 2 heterocycles. The molecule has 15 nitrogen and oxygen atoms in total. The van der Waals surface area contributed by atoms with Crippen molar-refractivity contribution in [2.75, 3.05) is 23.0 Å². The molecule has 0 aromatic heterocycles. The van der Waals surface area contributed by atoms with E-state index >= 15 is 0 Å². The van der Waals surface area contributed by atoms with Gasteiger partial charge in [-0.05, 0) is 190 Å². The molecule has 25 heteroatoms. The Morgan fingerprint density at radius 1 is 0.544 bits per heavy atom. The number of carbonyl (C=O) groups excluding carboxylic acids is 6. The molecule has 5 aromatic carbocycles. The first-order valence-corrected chi connectivity index (χ1v) is 48.8. The molecule has 6 aliphatic rings. The Balaban J connectivity index is 0.000000258. The Labute approximate surface area is 702 Å². The van der Waals surface area contributed by atoms with E-state index in [1.807, 2.05) is 46.2 Å². The van der Waals surface area contributed by atoms with Crippen molar-refractivity contribution in [3.63, 3.8) is 0 Å². The van der Waals surface area contributed by atoms with Crippen molar-refractivity contribution in [2.45, 2.75) is 285 Å². The van der Waals surface area contributed by atoms with E-state index in [1.165, 1.54) is 68.4 Å². The maximum absolute atomic E-state index is 14.0. The standard InChI is InChI=1S/C31H33F3N2O5.C29H30BrF3N2O5.C15H24O.3C4H9.C2H3.ClH.Li.Sn/c1-3-19-8-15-26-24(18-19)29(35(21-11-12-21)27(37)16-17-28(38)40-4-2)23-6-5-7-25(23)36(26)30(39)20-9-13-22(14-10-20)41-31(32,33)34;1-2-39-26(37)15-14-25(36)34(19-9-10-19)27-21-4-3-5-23(21)35(24-13-8-18(30)16-22(24)27)28(38)17-6-11-20(12-7-17)40-29(31,32)33;1-10-8-11(14(2,3)4)13(16)12(9-10)15(5,6)7;3*1-3-4-2;1-2;;;/h3,8-10,13-15,18,21,23,25,29H,1,4-7,11-12,16-17H2,2H3;6-8,11-13,16,19,21,23,27H,2-5,9-10,14-15H2,1H3;8-9,16H,1-7H3;3*1,3-4H2,2H3;1H,2H2;1H;;/q;;;;;;;;+1;/p-1. The number of phenols is 1. The molecule has 0 spiro atoms. The van der Waals surface area contributed by atoms with Crippen molar-refractivity contribution in [1.29, 1.82) is 0 Å². The minimum Gasteiger partial charge on any atom is -1.00 e. The maximum atomic E-state index is 14.0. The number of aromatic hydroxyl groups is 1. The number of anilines is 2. The van der Waals surface area contributed by atoms with Crippen molar-refractivity contribution in [3.05, 3.63) is 163 Å². The smallest absolute Gasteiger partial charge is 1.00 e. The fraction of sp³-hybridized carbons (Fsp3) is 0.551. The minimum absolute atomic E-state index is 0. The summed E-state index contributed by atoms with van der Waals surface area (Å²) in [5, 5.41) is 10.4. The van der Waals surface area contributed by atoms with Gasteiger partial charge < -0.3 is 56.1 Å². The van der Waals surface area contributed by atoms with Crippen molar-refractivity contribution >= 4 is 87.3 Å². The van der Waals surface area contributed by atoms with Crippen LogP contribution in [0.4, 0.5) is 37.7 Å². The van der Waals surface area contributed by atoms with Crippen LogP contribution in [0.1, 0.15) is 271 Å². The molecule has 4 fully saturated rings. The molecule has 0 bridgehead atoms. The zero-order chi connectivity index (χ0) is 82.2. The van der Waals surface area contributed by atoms with Gasteiger partial charge in [0, 0.05) is 75.8 Å². The van der Waals surface area contributed by atoms with Gasteiger partial charge in [0.2, 0.25) is 11.8 Å². The number of alkyl halides is 6. The number of hydrogen-bond acceptors (Lipinski definition) is 11. The van der Waals surface area contributed by atoms with Crippen LogP contribution in [0.3, 0.4) is 0 Å². The largest absolute Gasteiger partial charge is 1.00 e. The van der Waals surface area contributed by atoms with Gasteiger partial charge in [-0.2, -0.15) is 0 Å². The van der Waals surface area contributed by atoms with Gasteiger partial charge in [-0.15, -0.1) is 26.3 Å². The number of carbonyl (C=O) groups is 6. The number of benzene rings is 5. The van der Waals surface area contributed by atoms with Crippen LogP contribution in [-0.4, -0.2) is 119 Å². The quantitative estimate of drug-likeness (QED) is 0.0301. The molecule has 4 aliphatic carbocycles. The van der Waals surface area contributed by atoms with E-state index in [2.05, 4.69) is 124 Å². The molecular formula is C89H117BrClF6LiN4O11Sn. The van der Waals surface area contributed by atoms with Crippen LogP contribution < -0.4 is 50.5 Å². The third-order valence-electron chi connectivity index (χ3n) is 22.2. The number of ether oxygens (including phenoxy) is 4. The third kappa shape index (κ3) is 25.8. The molecule has 6 unspecified atom stereocenters. The van der Waals surface area contributed by atoms with Crippen molar-refractivity contribution in [1.82, 2.24) is 9.80 Å². The number of fused-ring (bicyclic) bond motifs is 4. The van der Waals surface area contributed by atoms with Crippen molar-refractivity contribution < 1.29 is 110 Å². The second-order valence-electron chi connectivity index (χ2n) is 32.7. The molecule has 4 amide bonds. The number of nitrogens with zero attached hydrogens (tertiary/aromatic N) is 4. The summed E-state index contributed by atoms with van der Waals surface area (Å²) < 4.78 is 102. The van der Waals surface area contributed by atoms with E-state index in [9.17, 15) is 60.2 Å². The number of unbranched alkanes of at least 4 members (excludes halogenated alkanes) is 3. The second kappa shape index (κ2) is 42.8. The summed E-state index contributed by atoms with van der Waals surface area (Å²) in [6.07, 6.45) is 9.04. The van der Waals surface area contributed by atoms with Gasteiger partial charge in [-0.1, -0.05) is 107 Å². The van der Waals surface area contributed by atoms with Gasteiger partial charge in [-0.25, -0.2) is 0 Å². The Bertz CT molecular complexity index is 4010. The fourth-order valence-electron chi connectivity index (χ4n) is 16.6.